The Labute approximate surface area is 99.8 Å². The minimum atomic E-state index is -0.953. The van der Waals surface area contributed by atoms with Crippen LogP contribution in [0.3, 0.4) is 0 Å². The normalized spacial score (nSPS) is 10.2. The Balaban J connectivity index is 2.45. The molecule has 17 heavy (non-hydrogen) atoms. The number of nitrogens with zero attached hydrogens (tertiary/aromatic N) is 1. The summed E-state index contributed by atoms with van der Waals surface area (Å²) in [5.74, 6) is -0.953. The quantitative estimate of drug-likeness (QED) is 0.876. The number of hydrogen-bond donors (Lipinski definition) is 1. The highest BCUT2D eigenvalue weighted by Gasteiger charge is 2.05. The van der Waals surface area contributed by atoms with Crippen LogP contribution < -0.4 is 0 Å². The lowest BCUT2D eigenvalue weighted by molar-refractivity contribution is 0.0696. The van der Waals surface area contributed by atoms with E-state index in [-0.39, 0.29) is 5.56 Å². The average molecular weight is 227 g/mol. The maximum Gasteiger partial charge on any atom is 0.337 e. The molecule has 0 aliphatic heterocycles. The highest BCUT2D eigenvalue weighted by atomic mass is 16.4. The van der Waals surface area contributed by atoms with Crippen molar-refractivity contribution in [1.29, 1.82) is 0 Å². The molecule has 2 rings (SSSR count). The van der Waals surface area contributed by atoms with Crippen molar-refractivity contribution >= 4 is 5.97 Å². The third-order valence-electron chi connectivity index (χ3n) is 2.65. The maximum atomic E-state index is 10.9. The molecule has 1 N–H and O–H groups in total. The summed E-state index contributed by atoms with van der Waals surface area (Å²) < 4.78 is 0. The van der Waals surface area contributed by atoms with Crippen LogP contribution in [0.5, 0.6) is 0 Å². The molecule has 1 aromatic carbocycles. The highest BCUT2D eigenvalue weighted by molar-refractivity contribution is 5.88. The molecule has 86 valence electrons. The van der Waals surface area contributed by atoms with Crippen LogP contribution in [0.15, 0.2) is 42.7 Å². The highest BCUT2D eigenvalue weighted by Crippen LogP contribution is 2.20. The zero-order valence-corrected chi connectivity index (χ0v) is 9.55. The van der Waals surface area contributed by atoms with Crippen molar-refractivity contribution in [3.05, 3.63) is 53.9 Å². The molecule has 0 saturated carbocycles. The number of aromatic carboxylic acids is 1. The van der Waals surface area contributed by atoms with Crippen LogP contribution in [-0.4, -0.2) is 16.1 Å². The molecule has 0 saturated heterocycles. The zero-order chi connectivity index (χ0) is 12.3. The lowest BCUT2D eigenvalue weighted by Gasteiger charge is -2.04. The van der Waals surface area contributed by atoms with Gasteiger partial charge in [-0.25, -0.2) is 4.79 Å². The van der Waals surface area contributed by atoms with Gasteiger partial charge in [0.1, 0.15) is 0 Å². The average Bonchev–Trinajstić information content (AvgIpc) is 2.39. The van der Waals surface area contributed by atoms with Gasteiger partial charge in [-0.15, -0.1) is 0 Å². The first-order valence-corrected chi connectivity index (χ1v) is 5.48. The van der Waals surface area contributed by atoms with E-state index in [0.29, 0.717) is 0 Å². The second-order valence-corrected chi connectivity index (χ2v) is 3.82. The lowest BCUT2D eigenvalue weighted by atomic mass is 10.0. The molecule has 1 heterocycles. The second-order valence-electron chi connectivity index (χ2n) is 3.82. The number of benzene rings is 1. The van der Waals surface area contributed by atoms with E-state index < -0.39 is 5.97 Å². The van der Waals surface area contributed by atoms with Crippen molar-refractivity contribution in [3.8, 4) is 11.1 Å². The fourth-order valence-electron chi connectivity index (χ4n) is 1.69. The topological polar surface area (TPSA) is 50.2 Å². The Morgan fingerprint density at radius 3 is 2.76 bits per heavy atom. The first-order chi connectivity index (χ1) is 8.20. The number of carboxylic acid groups (broad SMARTS) is 1. The molecule has 3 nitrogen and oxygen atoms in total. The van der Waals surface area contributed by atoms with E-state index in [4.69, 9.17) is 5.11 Å². The van der Waals surface area contributed by atoms with Crippen LogP contribution in [0.1, 0.15) is 22.8 Å². The van der Waals surface area contributed by atoms with Crippen molar-refractivity contribution in [3.63, 3.8) is 0 Å². The molecule has 0 unspecified atom stereocenters. The Morgan fingerprint density at radius 1 is 1.24 bits per heavy atom. The molecule has 0 spiro atoms. The number of aromatic nitrogens is 1. The van der Waals surface area contributed by atoms with Gasteiger partial charge in [0, 0.05) is 18.0 Å². The van der Waals surface area contributed by atoms with Gasteiger partial charge in [0.15, 0.2) is 0 Å². The second kappa shape index (κ2) is 4.78. The zero-order valence-electron chi connectivity index (χ0n) is 9.55. The van der Waals surface area contributed by atoms with Crippen molar-refractivity contribution in [2.45, 2.75) is 13.3 Å². The predicted octanol–water partition coefficient (Wildman–Crippen LogP) is 3.01. The number of hydrogen-bond acceptors (Lipinski definition) is 2. The van der Waals surface area contributed by atoms with Gasteiger partial charge < -0.3 is 5.11 Å². The minimum absolute atomic E-state index is 0.212. The number of carboxylic acids is 1. The molecule has 0 aliphatic carbocycles. The van der Waals surface area contributed by atoms with Gasteiger partial charge in [0.25, 0.3) is 0 Å². The van der Waals surface area contributed by atoms with Gasteiger partial charge in [-0.05, 0) is 23.6 Å². The van der Waals surface area contributed by atoms with Gasteiger partial charge in [-0.1, -0.05) is 31.2 Å². The summed E-state index contributed by atoms with van der Waals surface area (Å²) in [7, 11) is 0. The molecular formula is C14H13NO2. The molecule has 0 radical (unpaired) electrons. The van der Waals surface area contributed by atoms with Crippen LogP contribution in [0.25, 0.3) is 11.1 Å². The Morgan fingerprint density at radius 2 is 2.06 bits per heavy atom. The van der Waals surface area contributed by atoms with Gasteiger partial charge in [-0.3, -0.25) is 4.98 Å². The fraction of sp³-hybridized carbons (Fsp3) is 0.143. The summed E-state index contributed by atoms with van der Waals surface area (Å²) >= 11 is 0. The van der Waals surface area contributed by atoms with Crippen LogP contribution in [-0.2, 0) is 6.42 Å². The third kappa shape index (κ3) is 2.50. The van der Waals surface area contributed by atoms with Gasteiger partial charge in [0.2, 0.25) is 0 Å². The molecule has 0 bridgehead atoms. The van der Waals surface area contributed by atoms with Crippen LogP contribution in [0, 0.1) is 0 Å². The molecule has 1 aromatic heterocycles. The van der Waals surface area contributed by atoms with E-state index in [0.717, 1.165) is 17.5 Å². The summed E-state index contributed by atoms with van der Waals surface area (Å²) in [6.07, 6.45) is 4.00. The summed E-state index contributed by atoms with van der Waals surface area (Å²) in [5, 5.41) is 8.92. The SMILES string of the molecule is CCc1cccc(-c2cncc(C(=O)O)c2)c1. The van der Waals surface area contributed by atoms with E-state index in [1.165, 1.54) is 11.8 Å². The van der Waals surface area contributed by atoms with E-state index in [9.17, 15) is 4.79 Å². The van der Waals surface area contributed by atoms with Gasteiger partial charge >= 0.3 is 5.97 Å². The molecule has 2 aromatic rings. The van der Waals surface area contributed by atoms with E-state index in [1.54, 1.807) is 12.3 Å². The number of pyridine rings is 1. The first-order valence-electron chi connectivity index (χ1n) is 5.48. The lowest BCUT2D eigenvalue weighted by Crippen LogP contribution is -1.97. The summed E-state index contributed by atoms with van der Waals surface area (Å²) in [6, 6.07) is 9.69. The molecule has 0 atom stereocenters. The molecule has 3 heteroatoms. The first kappa shape index (κ1) is 11.3. The number of rotatable bonds is 3. The number of carbonyl (C=O) groups is 1. The number of aryl methyl sites for hydroxylation is 1. The summed E-state index contributed by atoms with van der Waals surface area (Å²) in [6.45, 7) is 2.09. The largest absolute Gasteiger partial charge is 0.478 e. The van der Waals surface area contributed by atoms with E-state index in [2.05, 4.69) is 24.0 Å². The van der Waals surface area contributed by atoms with Crippen LogP contribution in [0.2, 0.25) is 0 Å². The Bertz CT molecular complexity index is 549. The predicted molar refractivity (Wildman–Crippen MR) is 66.0 cm³/mol. The van der Waals surface area contributed by atoms with Crippen molar-refractivity contribution in [2.24, 2.45) is 0 Å². The third-order valence-corrected chi connectivity index (χ3v) is 2.65. The standard InChI is InChI=1S/C14H13NO2/c1-2-10-4-3-5-11(6-10)12-7-13(14(16)17)9-15-8-12/h3-9H,2H2,1H3,(H,16,17). The summed E-state index contributed by atoms with van der Waals surface area (Å²) in [4.78, 5) is 14.8. The van der Waals surface area contributed by atoms with Crippen molar-refractivity contribution < 1.29 is 9.90 Å². The van der Waals surface area contributed by atoms with E-state index in [1.807, 2.05) is 12.1 Å². The molecule has 0 aliphatic rings. The minimum Gasteiger partial charge on any atom is -0.478 e. The van der Waals surface area contributed by atoms with Crippen LogP contribution >= 0.6 is 0 Å². The molecule has 0 fully saturated rings. The monoisotopic (exact) mass is 227 g/mol. The van der Waals surface area contributed by atoms with Crippen molar-refractivity contribution in [2.75, 3.05) is 0 Å². The maximum absolute atomic E-state index is 10.9. The summed E-state index contributed by atoms with van der Waals surface area (Å²) in [5.41, 5.74) is 3.27. The van der Waals surface area contributed by atoms with Gasteiger partial charge in [-0.2, -0.15) is 0 Å². The fourth-order valence-corrected chi connectivity index (χ4v) is 1.69. The Hall–Kier alpha value is -2.16. The molecular weight excluding hydrogens is 214 g/mol. The van der Waals surface area contributed by atoms with Gasteiger partial charge in [0.05, 0.1) is 5.56 Å². The van der Waals surface area contributed by atoms with Crippen molar-refractivity contribution in [1.82, 2.24) is 4.98 Å². The molecule has 0 amide bonds. The van der Waals surface area contributed by atoms with Crippen LogP contribution in [0.4, 0.5) is 0 Å². The smallest absolute Gasteiger partial charge is 0.337 e. The Kier molecular flexibility index (Phi) is 3.19. The van der Waals surface area contributed by atoms with E-state index >= 15 is 0 Å².